The van der Waals surface area contributed by atoms with Crippen LogP contribution >= 0.6 is 11.8 Å². The van der Waals surface area contributed by atoms with Gasteiger partial charge in [0.25, 0.3) is 11.1 Å². The van der Waals surface area contributed by atoms with E-state index in [2.05, 4.69) is 0 Å². The predicted molar refractivity (Wildman–Crippen MR) is 105 cm³/mol. The summed E-state index contributed by atoms with van der Waals surface area (Å²) in [5.41, 5.74) is 0.585. The number of methoxy groups -OCH3 is 3. The molecular formula is C19H23NO7S. The van der Waals surface area contributed by atoms with Gasteiger partial charge in [0, 0.05) is 0 Å². The van der Waals surface area contributed by atoms with E-state index in [1.165, 1.54) is 27.4 Å². The highest BCUT2D eigenvalue weighted by atomic mass is 32.2. The van der Waals surface area contributed by atoms with Crippen molar-refractivity contribution in [3.63, 3.8) is 0 Å². The smallest absolute Gasteiger partial charge is 0.326 e. The summed E-state index contributed by atoms with van der Waals surface area (Å²) in [6, 6.07) is 3.32. The largest absolute Gasteiger partial charge is 0.493 e. The Bertz CT molecular complexity index is 780. The molecule has 1 heterocycles. The van der Waals surface area contributed by atoms with E-state index in [1.807, 2.05) is 6.92 Å². The fraction of sp³-hybridized carbons (Fsp3) is 0.421. The molecule has 1 atom stereocenters. The van der Waals surface area contributed by atoms with Crippen LogP contribution in [0.1, 0.15) is 25.8 Å². The van der Waals surface area contributed by atoms with Gasteiger partial charge in [0.05, 0.1) is 32.3 Å². The number of hydrogen-bond acceptors (Lipinski definition) is 8. The fourth-order valence-electron chi connectivity index (χ4n) is 2.45. The molecule has 1 fully saturated rings. The normalized spacial score (nSPS) is 16.3. The van der Waals surface area contributed by atoms with Crippen LogP contribution in [0.15, 0.2) is 17.0 Å². The molecule has 1 aromatic carbocycles. The molecule has 0 saturated carbocycles. The first-order valence-corrected chi connectivity index (χ1v) is 9.41. The van der Waals surface area contributed by atoms with E-state index in [9.17, 15) is 14.4 Å². The van der Waals surface area contributed by atoms with Gasteiger partial charge in [0.1, 0.15) is 6.54 Å². The van der Waals surface area contributed by atoms with Crippen molar-refractivity contribution in [1.29, 1.82) is 0 Å². The van der Waals surface area contributed by atoms with E-state index in [0.717, 1.165) is 16.7 Å². The predicted octanol–water partition coefficient (Wildman–Crippen LogP) is 3.09. The molecule has 0 unspecified atom stereocenters. The second-order valence-electron chi connectivity index (χ2n) is 5.94. The molecule has 9 heteroatoms. The number of benzene rings is 1. The molecule has 0 radical (unpaired) electrons. The summed E-state index contributed by atoms with van der Waals surface area (Å²) < 4.78 is 21.0. The summed E-state index contributed by atoms with van der Waals surface area (Å²) in [6.45, 7) is 3.20. The third kappa shape index (κ3) is 4.78. The number of amides is 2. The van der Waals surface area contributed by atoms with E-state index in [4.69, 9.17) is 18.9 Å². The first-order valence-electron chi connectivity index (χ1n) is 8.59. The van der Waals surface area contributed by atoms with E-state index in [0.29, 0.717) is 29.2 Å². The van der Waals surface area contributed by atoms with Gasteiger partial charge in [-0.25, -0.2) is 0 Å². The summed E-state index contributed by atoms with van der Waals surface area (Å²) in [6.07, 6.45) is 1.91. The molecule has 1 aromatic rings. The van der Waals surface area contributed by atoms with Crippen molar-refractivity contribution in [1.82, 2.24) is 4.90 Å². The van der Waals surface area contributed by atoms with Crippen LogP contribution in [0, 0.1) is 0 Å². The van der Waals surface area contributed by atoms with Crippen LogP contribution in [0.5, 0.6) is 17.2 Å². The number of rotatable bonds is 8. The van der Waals surface area contributed by atoms with Crippen molar-refractivity contribution in [3.8, 4) is 17.2 Å². The van der Waals surface area contributed by atoms with Gasteiger partial charge < -0.3 is 18.9 Å². The molecule has 1 aliphatic rings. The van der Waals surface area contributed by atoms with Gasteiger partial charge in [-0.2, -0.15) is 0 Å². The van der Waals surface area contributed by atoms with Crippen LogP contribution in [0.4, 0.5) is 4.79 Å². The molecule has 1 aliphatic heterocycles. The number of thioether (sulfide) groups is 1. The van der Waals surface area contributed by atoms with Crippen LogP contribution in [-0.4, -0.2) is 56.0 Å². The van der Waals surface area contributed by atoms with Gasteiger partial charge in [0.15, 0.2) is 11.5 Å². The van der Waals surface area contributed by atoms with E-state index < -0.39 is 23.7 Å². The molecule has 0 aromatic heterocycles. The Hall–Kier alpha value is -2.68. The number of carbonyl (C=O) groups is 3. The first kappa shape index (κ1) is 21.6. The van der Waals surface area contributed by atoms with Crippen LogP contribution in [-0.2, 0) is 14.3 Å². The summed E-state index contributed by atoms with van der Waals surface area (Å²) in [5.74, 6) is 0.0903. The van der Waals surface area contributed by atoms with Crippen LogP contribution in [0.2, 0.25) is 0 Å². The Morgan fingerprint density at radius 2 is 1.75 bits per heavy atom. The minimum absolute atomic E-state index is 0.190. The summed E-state index contributed by atoms with van der Waals surface area (Å²) in [5, 5.41) is -0.523. The highest BCUT2D eigenvalue weighted by Gasteiger charge is 2.37. The number of esters is 1. The minimum Gasteiger partial charge on any atom is -0.493 e. The maximum absolute atomic E-state index is 12.6. The number of nitrogens with zero attached hydrogens (tertiary/aromatic N) is 1. The Balaban J connectivity index is 2.25. The van der Waals surface area contributed by atoms with Crippen LogP contribution in [0.3, 0.4) is 0 Å². The first-order chi connectivity index (χ1) is 13.3. The molecule has 1 saturated heterocycles. The van der Waals surface area contributed by atoms with Gasteiger partial charge in [0.2, 0.25) is 5.75 Å². The van der Waals surface area contributed by atoms with Gasteiger partial charge in [-0.1, -0.05) is 6.92 Å². The Morgan fingerprint density at radius 3 is 2.25 bits per heavy atom. The quantitative estimate of drug-likeness (QED) is 0.478. The monoisotopic (exact) mass is 409 g/mol. The van der Waals surface area contributed by atoms with Crippen LogP contribution in [0.25, 0.3) is 6.08 Å². The molecule has 0 N–H and O–H groups in total. The van der Waals surface area contributed by atoms with Crippen molar-refractivity contribution in [2.45, 2.75) is 26.4 Å². The lowest BCUT2D eigenvalue weighted by atomic mass is 10.1. The fourth-order valence-corrected chi connectivity index (χ4v) is 3.28. The summed E-state index contributed by atoms with van der Waals surface area (Å²) in [4.78, 5) is 37.7. The topological polar surface area (TPSA) is 91.4 Å². The molecule has 0 bridgehead atoms. The Kier molecular flexibility index (Phi) is 7.33. The zero-order valence-electron chi connectivity index (χ0n) is 16.4. The zero-order valence-corrected chi connectivity index (χ0v) is 17.3. The average Bonchev–Trinajstić information content (AvgIpc) is 2.94. The number of ether oxygens (including phenoxy) is 4. The van der Waals surface area contributed by atoms with Crippen molar-refractivity contribution >= 4 is 35.0 Å². The Labute approximate surface area is 167 Å². The molecule has 28 heavy (non-hydrogen) atoms. The second-order valence-corrected chi connectivity index (χ2v) is 6.93. The number of imide groups is 1. The van der Waals surface area contributed by atoms with Crippen molar-refractivity contribution in [2.75, 3.05) is 27.9 Å². The highest BCUT2D eigenvalue weighted by molar-refractivity contribution is 8.18. The number of hydrogen-bond donors (Lipinski definition) is 0. The van der Waals surface area contributed by atoms with E-state index in [-0.39, 0.29) is 11.0 Å². The zero-order chi connectivity index (χ0) is 20.8. The van der Waals surface area contributed by atoms with Crippen molar-refractivity contribution < 1.29 is 33.3 Å². The third-order valence-electron chi connectivity index (χ3n) is 4.05. The molecular weight excluding hydrogens is 386 g/mol. The second kappa shape index (κ2) is 9.50. The molecule has 152 valence electrons. The lowest BCUT2D eigenvalue weighted by molar-refractivity contribution is -0.150. The maximum Gasteiger partial charge on any atom is 0.326 e. The third-order valence-corrected chi connectivity index (χ3v) is 4.96. The van der Waals surface area contributed by atoms with Crippen molar-refractivity contribution in [3.05, 3.63) is 22.6 Å². The lowest BCUT2D eigenvalue weighted by Gasteiger charge is -2.15. The van der Waals surface area contributed by atoms with Crippen LogP contribution < -0.4 is 14.2 Å². The van der Waals surface area contributed by atoms with E-state index >= 15 is 0 Å². The van der Waals surface area contributed by atoms with Gasteiger partial charge >= 0.3 is 5.97 Å². The summed E-state index contributed by atoms with van der Waals surface area (Å²) >= 11 is 0.758. The lowest BCUT2D eigenvalue weighted by Crippen LogP contribution is -2.35. The maximum atomic E-state index is 12.6. The average molecular weight is 409 g/mol. The van der Waals surface area contributed by atoms with Gasteiger partial charge in [-0.3, -0.25) is 19.3 Å². The van der Waals surface area contributed by atoms with Crippen molar-refractivity contribution in [2.24, 2.45) is 0 Å². The molecule has 2 amide bonds. The minimum atomic E-state index is -0.620. The SMILES string of the molecule is CC[C@H](C)OC(=O)CN1C(=O)S/C(=C/c2cc(OC)c(OC)c(OC)c2)C1=O. The van der Waals surface area contributed by atoms with E-state index in [1.54, 1.807) is 19.1 Å². The van der Waals surface area contributed by atoms with Gasteiger partial charge in [-0.15, -0.1) is 0 Å². The molecule has 0 spiro atoms. The number of carbonyl (C=O) groups excluding carboxylic acids is 3. The highest BCUT2D eigenvalue weighted by Crippen LogP contribution is 2.40. The Morgan fingerprint density at radius 1 is 1.14 bits per heavy atom. The molecule has 0 aliphatic carbocycles. The van der Waals surface area contributed by atoms with Gasteiger partial charge in [-0.05, 0) is 48.9 Å². The molecule has 8 nitrogen and oxygen atoms in total. The summed E-state index contributed by atoms with van der Waals surface area (Å²) in [7, 11) is 4.46. The standard InChI is InChI=1S/C19H23NO7S/c1-6-11(2)27-16(21)10-20-18(22)15(28-19(20)23)9-12-7-13(24-3)17(26-5)14(8-12)25-4/h7-9,11H,6,10H2,1-5H3/b15-9+/t11-/m0/s1. The molecule has 2 rings (SSSR count).